The number of hydrogen-bond donors (Lipinski definition) is 3. The van der Waals surface area contributed by atoms with Crippen LogP contribution < -0.4 is 16.0 Å². The second kappa shape index (κ2) is 14.4. The number of nitrogens with zero attached hydrogens (tertiary/aromatic N) is 1. The average molecular weight is 623 g/mol. The lowest BCUT2D eigenvalue weighted by Gasteiger charge is -2.16. The highest BCUT2D eigenvalue weighted by Crippen LogP contribution is 2.36. The Bertz CT molecular complexity index is 1790. The molecule has 0 fully saturated rings. The number of benzene rings is 4. The van der Waals surface area contributed by atoms with E-state index in [2.05, 4.69) is 21.1 Å². The zero-order valence-corrected chi connectivity index (χ0v) is 25.1. The first-order valence-electron chi connectivity index (χ1n) is 13.5. The lowest BCUT2D eigenvalue weighted by atomic mass is 10.1. The first kappa shape index (κ1) is 30.3. The molecule has 1 unspecified atom stereocenters. The van der Waals surface area contributed by atoms with Gasteiger partial charge < -0.3 is 20.5 Å². The minimum Gasteiger partial charge on any atom is -0.360 e. The number of amides is 3. The molecule has 0 aliphatic carbocycles. The van der Waals surface area contributed by atoms with E-state index in [1.165, 1.54) is 11.8 Å². The maximum Gasteiger partial charge on any atom is 0.272 e. The summed E-state index contributed by atoms with van der Waals surface area (Å²) >= 11 is 7.49. The molecule has 5 aromatic rings. The number of hydrogen-bond acceptors (Lipinski definition) is 6. The summed E-state index contributed by atoms with van der Waals surface area (Å²) in [6, 6.07) is 33.7. The van der Waals surface area contributed by atoms with Crippen LogP contribution in [0.3, 0.4) is 0 Å². The lowest BCUT2D eigenvalue weighted by Crippen LogP contribution is -2.30. The number of rotatable bonds is 10. The van der Waals surface area contributed by atoms with E-state index < -0.39 is 17.1 Å². The van der Waals surface area contributed by atoms with Crippen LogP contribution in [0.1, 0.15) is 32.5 Å². The number of carbonyl (C=O) groups is 3. The summed E-state index contributed by atoms with van der Waals surface area (Å²) in [6.07, 6.45) is 1.56. The SMILES string of the molecule is Cc1cc(NC(=O)C(Sc2ccc(NC(=O)/C(=C/c3cccc(Cl)c3)NC(=O)c3ccccc3)cc2)c2ccccc2)no1. The zero-order valence-electron chi connectivity index (χ0n) is 23.5. The molecule has 8 nitrogen and oxygen atoms in total. The summed E-state index contributed by atoms with van der Waals surface area (Å²) in [7, 11) is 0. The standard InChI is InChI=1S/C34H27ClN4O4S/c1-22-19-30(39-43-22)38-34(42)31(24-10-4-2-5-11-24)44-28-17-15-27(16-18-28)36-33(41)29(21-23-9-8-14-26(35)20-23)37-32(40)25-12-6-3-7-13-25/h2-21,31H,1H3,(H,36,41)(H,37,40)(H,38,39,42)/b29-21-. The van der Waals surface area contributed by atoms with Crippen molar-refractivity contribution >= 4 is 58.7 Å². The predicted octanol–water partition coefficient (Wildman–Crippen LogP) is 7.52. The first-order valence-corrected chi connectivity index (χ1v) is 14.8. The third kappa shape index (κ3) is 8.25. The Morgan fingerprint density at radius 2 is 1.55 bits per heavy atom. The number of aryl methyl sites for hydroxylation is 1. The van der Waals surface area contributed by atoms with Crippen molar-refractivity contribution < 1.29 is 18.9 Å². The van der Waals surface area contributed by atoms with Crippen molar-refractivity contribution in [2.45, 2.75) is 17.1 Å². The highest BCUT2D eigenvalue weighted by molar-refractivity contribution is 8.00. The molecule has 0 bridgehead atoms. The molecule has 10 heteroatoms. The molecule has 1 aromatic heterocycles. The third-order valence-corrected chi connectivity index (χ3v) is 7.78. The van der Waals surface area contributed by atoms with Gasteiger partial charge in [0, 0.05) is 27.2 Å². The second-order valence-corrected chi connectivity index (χ2v) is 11.2. The molecule has 44 heavy (non-hydrogen) atoms. The first-order chi connectivity index (χ1) is 21.3. The van der Waals surface area contributed by atoms with E-state index in [-0.39, 0.29) is 11.6 Å². The highest BCUT2D eigenvalue weighted by atomic mass is 35.5. The minimum atomic E-state index is -0.575. The number of thioether (sulfide) groups is 1. The van der Waals surface area contributed by atoms with E-state index in [4.69, 9.17) is 16.1 Å². The van der Waals surface area contributed by atoms with Gasteiger partial charge in [-0.2, -0.15) is 0 Å². The Labute approximate surface area is 263 Å². The molecule has 0 spiro atoms. The van der Waals surface area contributed by atoms with Crippen LogP contribution in [0.5, 0.6) is 0 Å². The van der Waals surface area contributed by atoms with Gasteiger partial charge >= 0.3 is 0 Å². The van der Waals surface area contributed by atoms with Crippen LogP contribution in [-0.2, 0) is 9.59 Å². The van der Waals surface area contributed by atoms with E-state index >= 15 is 0 Å². The van der Waals surface area contributed by atoms with Crippen LogP contribution in [0.4, 0.5) is 11.5 Å². The fourth-order valence-electron chi connectivity index (χ4n) is 4.17. The van der Waals surface area contributed by atoms with Gasteiger partial charge in [0.1, 0.15) is 16.7 Å². The van der Waals surface area contributed by atoms with E-state index in [9.17, 15) is 14.4 Å². The Kier molecular flexibility index (Phi) is 9.91. The molecule has 0 aliphatic rings. The molecule has 3 N–H and O–H groups in total. The second-order valence-electron chi connectivity index (χ2n) is 9.63. The van der Waals surface area contributed by atoms with Crippen molar-refractivity contribution in [3.05, 3.63) is 148 Å². The molecule has 5 rings (SSSR count). The summed E-state index contributed by atoms with van der Waals surface area (Å²) in [6.45, 7) is 1.75. The van der Waals surface area contributed by atoms with Crippen molar-refractivity contribution in [1.29, 1.82) is 0 Å². The summed E-state index contributed by atoms with van der Waals surface area (Å²) in [5.74, 6) is -0.261. The maximum atomic E-state index is 13.4. The van der Waals surface area contributed by atoms with Gasteiger partial charge in [-0.25, -0.2) is 0 Å². The third-order valence-electron chi connectivity index (χ3n) is 6.27. The Morgan fingerprint density at radius 3 is 2.20 bits per heavy atom. The largest absolute Gasteiger partial charge is 0.360 e. The van der Waals surface area contributed by atoms with Gasteiger partial charge in [-0.1, -0.05) is 77.4 Å². The Hall–Kier alpha value is -5.12. The van der Waals surface area contributed by atoms with Gasteiger partial charge in [0.25, 0.3) is 11.8 Å². The van der Waals surface area contributed by atoms with Crippen LogP contribution in [-0.4, -0.2) is 22.9 Å². The normalized spacial score (nSPS) is 11.8. The van der Waals surface area contributed by atoms with Crippen molar-refractivity contribution in [2.24, 2.45) is 0 Å². The maximum absolute atomic E-state index is 13.4. The van der Waals surface area contributed by atoms with Gasteiger partial charge in [-0.05, 0) is 72.7 Å². The molecule has 0 aliphatic heterocycles. The number of aromatic nitrogens is 1. The smallest absolute Gasteiger partial charge is 0.272 e. The van der Waals surface area contributed by atoms with Gasteiger partial charge in [-0.15, -0.1) is 11.8 Å². The Balaban J connectivity index is 1.32. The van der Waals surface area contributed by atoms with Crippen LogP contribution in [0.25, 0.3) is 6.08 Å². The van der Waals surface area contributed by atoms with E-state index in [1.54, 1.807) is 85.8 Å². The molecular weight excluding hydrogens is 596 g/mol. The van der Waals surface area contributed by atoms with E-state index in [0.717, 1.165) is 10.5 Å². The fraction of sp³-hybridized carbons (Fsp3) is 0.0588. The van der Waals surface area contributed by atoms with Crippen molar-refractivity contribution in [3.8, 4) is 0 Å². The van der Waals surface area contributed by atoms with Gasteiger partial charge in [0.2, 0.25) is 5.91 Å². The molecule has 220 valence electrons. The van der Waals surface area contributed by atoms with Crippen molar-refractivity contribution in [2.75, 3.05) is 10.6 Å². The quantitative estimate of drug-likeness (QED) is 0.110. The summed E-state index contributed by atoms with van der Waals surface area (Å²) < 4.78 is 5.07. The average Bonchev–Trinajstić information content (AvgIpc) is 3.45. The van der Waals surface area contributed by atoms with Gasteiger partial charge in [0.05, 0.1) is 0 Å². The number of anilines is 2. The van der Waals surface area contributed by atoms with Crippen molar-refractivity contribution in [3.63, 3.8) is 0 Å². The van der Waals surface area contributed by atoms with E-state index in [1.807, 2.05) is 42.5 Å². The minimum absolute atomic E-state index is 0.0449. The number of halogens is 1. The van der Waals surface area contributed by atoms with E-state index in [0.29, 0.717) is 33.4 Å². The van der Waals surface area contributed by atoms with Crippen LogP contribution >= 0.6 is 23.4 Å². The zero-order chi connectivity index (χ0) is 30.9. The molecule has 1 atom stereocenters. The molecule has 0 saturated carbocycles. The fourth-order valence-corrected chi connectivity index (χ4v) is 5.40. The summed E-state index contributed by atoms with van der Waals surface area (Å²) in [4.78, 5) is 40.3. The van der Waals surface area contributed by atoms with Crippen LogP contribution in [0.15, 0.2) is 130 Å². The van der Waals surface area contributed by atoms with Crippen LogP contribution in [0, 0.1) is 6.92 Å². The number of nitrogens with one attached hydrogen (secondary N) is 3. The molecule has 0 radical (unpaired) electrons. The molecular formula is C34H27ClN4O4S. The molecule has 1 heterocycles. The Morgan fingerprint density at radius 1 is 0.841 bits per heavy atom. The van der Waals surface area contributed by atoms with Crippen molar-refractivity contribution in [1.82, 2.24) is 10.5 Å². The molecule has 0 saturated heterocycles. The van der Waals surface area contributed by atoms with Gasteiger partial charge in [-0.3, -0.25) is 14.4 Å². The van der Waals surface area contributed by atoms with Gasteiger partial charge in [0.15, 0.2) is 5.82 Å². The monoisotopic (exact) mass is 622 g/mol. The summed E-state index contributed by atoms with van der Waals surface area (Å²) in [5.41, 5.74) is 2.42. The highest BCUT2D eigenvalue weighted by Gasteiger charge is 2.23. The lowest BCUT2D eigenvalue weighted by molar-refractivity contribution is -0.116. The molecule has 3 amide bonds. The van der Waals surface area contributed by atoms with Crippen LogP contribution in [0.2, 0.25) is 5.02 Å². The molecule has 4 aromatic carbocycles. The number of carbonyl (C=O) groups excluding carboxylic acids is 3. The summed E-state index contributed by atoms with van der Waals surface area (Å²) in [5, 5.41) is 12.2. The predicted molar refractivity (Wildman–Crippen MR) is 173 cm³/mol. The topological polar surface area (TPSA) is 113 Å².